The number of carbonyl (C=O) groups excluding carboxylic acids is 2. The summed E-state index contributed by atoms with van der Waals surface area (Å²) in [4.78, 5) is 30.8. The number of piperidine rings is 1. The van der Waals surface area contributed by atoms with Gasteiger partial charge in [0, 0.05) is 36.6 Å². The van der Waals surface area contributed by atoms with Gasteiger partial charge in [0.25, 0.3) is 5.91 Å². The molecule has 1 aromatic carbocycles. The number of carbonyl (C=O) groups is 2. The summed E-state index contributed by atoms with van der Waals surface area (Å²) < 4.78 is 0. The summed E-state index contributed by atoms with van der Waals surface area (Å²) in [5.41, 5.74) is 2.31. The lowest BCUT2D eigenvalue weighted by atomic mass is 9.95. The monoisotopic (exact) mass is 323 g/mol. The highest BCUT2D eigenvalue weighted by molar-refractivity contribution is 5.95. The average Bonchev–Trinajstić information content (AvgIpc) is 2.63. The highest BCUT2D eigenvalue weighted by Crippen LogP contribution is 2.21. The number of para-hydroxylation sites is 1. The number of hydrogen-bond acceptors (Lipinski definition) is 3. The van der Waals surface area contributed by atoms with Crippen molar-refractivity contribution in [1.29, 1.82) is 0 Å². The van der Waals surface area contributed by atoms with Crippen molar-refractivity contribution in [3.63, 3.8) is 0 Å². The predicted octanol–water partition coefficient (Wildman–Crippen LogP) is 2.88. The number of anilines is 1. The Bertz CT molecular complexity index is 705. The van der Waals surface area contributed by atoms with Gasteiger partial charge in [-0.05, 0) is 44.0 Å². The second-order valence-electron chi connectivity index (χ2n) is 6.11. The van der Waals surface area contributed by atoms with Gasteiger partial charge in [-0.25, -0.2) is 0 Å². The van der Waals surface area contributed by atoms with Crippen LogP contribution in [0.15, 0.2) is 48.7 Å². The van der Waals surface area contributed by atoms with Crippen molar-refractivity contribution in [3.05, 3.63) is 59.9 Å². The van der Waals surface area contributed by atoms with E-state index in [0.717, 1.165) is 11.4 Å². The molecule has 24 heavy (non-hydrogen) atoms. The van der Waals surface area contributed by atoms with E-state index in [9.17, 15) is 9.59 Å². The smallest absolute Gasteiger partial charge is 0.255 e. The number of pyridine rings is 1. The van der Waals surface area contributed by atoms with Gasteiger partial charge in [-0.15, -0.1) is 0 Å². The van der Waals surface area contributed by atoms with Crippen LogP contribution in [0.3, 0.4) is 0 Å². The van der Waals surface area contributed by atoms with E-state index >= 15 is 0 Å². The standard InChI is InChI=1S/C19H21N3O2/c1-14-7-8-16(13-20-14)19(24)22-11-9-15(10-12-22)18(23)21-17-5-3-2-4-6-17/h2-8,13,15H,9-12H2,1H3,(H,21,23). The van der Waals surface area contributed by atoms with Crippen LogP contribution in [-0.2, 0) is 4.79 Å². The lowest BCUT2D eigenvalue weighted by molar-refractivity contribution is -0.121. The molecule has 1 fully saturated rings. The molecule has 0 bridgehead atoms. The van der Waals surface area contributed by atoms with E-state index in [1.54, 1.807) is 17.2 Å². The predicted molar refractivity (Wildman–Crippen MR) is 92.7 cm³/mol. The van der Waals surface area contributed by atoms with Crippen LogP contribution in [0.4, 0.5) is 5.69 Å². The summed E-state index contributed by atoms with van der Waals surface area (Å²) in [5, 5.41) is 2.94. The molecular weight excluding hydrogens is 302 g/mol. The summed E-state index contributed by atoms with van der Waals surface area (Å²) in [6, 6.07) is 13.1. The van der Waals surface area contributed by atoms with Crippen LogP contribution >= 0.6 is 0 Å². The largest absolute Gasteiger partial charge is 0.339 e. The first-order valence-corrected chi connectivity index (χ1v) is 8.21. The molecule has 1 saturated heterocycles. The molecule has 3 rings (SSSR count). The third-order valence-electron chi connectivity index (χ3n) is 4.35. The fraction of sp³-hybridized carbons (Fsp3) is 0.316. The summed E-state index contributed by atoms with van der Waals surface area (Å²) in [6.45, 7) is 3.09. The molecule has 0 unspecified atom stereocenters. The van der Waals surface area contributed by atoms with Gasteiger partial charge in [0.15, 0.2) is 0 Å². The van der Waals surface area contributed by atoms with Crippen molar-refractivity contribution in [2.45, 2.75) is 19.8 Å². The molecular formula is C19H21N3O2. The first kappa shape index (κ1) is 16.2. The molecule has 1 aromatic heterocycles. The van der Waals surface area contributed by atoms with Crippen LogP contribution < -0.4 is 5.32 Å². The highest BCUT2D eigenvalue weighted by atomic mass is 16.2. The topological polar surface area (TPSA) is 62.3 Å². The van der Waals surface area contributed by atoms with E-state index in [4.69, 9.17) is 0 Å². The SMILES string of the molecule is Cc1ccc(C(=O)N2CCC(C(=O)Nc3ccccc3)CC2)cn1. The molecule has 2 heterocycles. The number of nitrogens with zero attached hydrogens (tertiary/aromatic N) is 2. The Morgan fingerprint density at radius 2 is 1.79 bits per heavy atom. The van der Waals surface area contributed by atoms with E-state index < -0.39 is 0 Å². The first-order chi connectivity index (χ1) is 11.6. The Kier molecular flexibility index (Phi) is 4.89. The normalized spacial score (nSPS) is 15.1. The van der Waals surface area contributed by atoms with Gasteiger partial charge in [-0.1, -0.05) is 18.2 Å². The van der Waals surface area contributed by atoms with Gasteiger partial charge in [-0.2, -0.15) is 0 Å². The van der Waals surface area contributed by atoms with Gasteiger partial charge in [0.2, 0.25) is 5.91 Å². The second-order valence-corrected chi connectivity index (χ2v) is 6.11. The number of aryl methyl sites for hydroxylation is 1. The molecule has 0 aliphatic carbocycles. The number of benzene rings is 1. The van der Waals surface area contributed by atoms with Gasteiger partial charge >= 0.3 is 0 Å². The molecule has 1 aliphatic heterocycles. The molecule has 2 aromatic rings. The average molecular weight is 323 g/mol. The molecule has 0 atom stereocenters. The van der Waals surface area contributed by atoms with Crippen molar-refractivity contribution >= 4 is 17.5 Å². The van der Waals surface area contributed by atoms with Crippen molar-refractivity contribution < 1.29 is 9.59 Å². The lowest BCUT2D eigenvalue weighted by Crippen LogP contribution is -2.41. The van der Waals surface area contributed by atoms with Crippen LogP contribution in [0.25, 0.3) is 0 Å². The molecule has 0 saturated carbocycles. The quantitative estimate of drug-likeness (QED) is 0.945. The molecule has 2 amide bonds. The Hall–Kier alpha value is -2.69. The number of aromatic nitrogens is 1. The van der Waals surface area contributed by atoms with E-state index in [2.05, 4.69) is 10.3 Å². The minimum absolute atomic E-state index is 0.00980. The van der Waals surface area contributed by atoms with E-state index in [-0.39, 0.29) is 17.7 Å². The summed E-state index contributed by atoms with van der Waals surface area (Å²) >= 11 is 0. The Labute approximate surface area is 141 Å². The van der Waals surface area contributed by atoms with Crippen LogP contribution in [0, 0.1) is 12.8 Å². The van der Waals surface area contributed by atoms with Crippen LogP contribution in [0.5, 0.6) is 0 Å². The van der Waals surface area contributed by atoms with Crippen molar-refractivity contribution in [2.24, 2.45) is 5.92 Å². The summed E-state index contributed by atoms with van der Waals surface area (Å²) in [5.74, 6) is -0.0277. The van der Waals surface area contributed by atoms with Crippen LogP contribution in [0.1, 0.15) is 28.9 Å². The zero-order valence-electron chi connectivity index (χ0n) is 13.7. The Morgan fingerprint density at radius 1 is 1.08 bits per heavy atom. The van der Waals surface area contributed by atoms with Gasteiger partial charge in [0.05, 0.1) is 5.56 Å². The number of rotatable bonds is 3. The van der Waals surface area contributed by atoms with E-state index in [0.29, 0.717) is 31.5 Å². The maximum absolute atomic E-state index is 12.5. The van der Waals surface area contributed by atoms with Gasteiger partial charge < -0.3 is 10.2 Å². The number of nitrogens with one attached hydrogen (secondary N) is 1. The van der Waals surface area contributed by atoms with Crippen LogP contribution in [-0.4, -0.2) is 34.8 Å². The third kappa shape index (κ3) is 3.79. The molecule has 0 spiro atoms. The molecule has 0 radical (unpaired) electrons. The number of likely N-dealkylation sites (tertiary alicyclic amines) is 1. The third-order valence-corrected chi connectivity index (χ3v) is 4.35. The zero-order chi connectivity index (χ0) is 16.9. The zero-order valence-corrected chi connectivity index (χ0v) is 13.7. The minimum Gasteiger partial charge on any atom is -0.339 e. The van der Waals surface area contributed by atoms with Crippen molar-refractivity contribution in [3.8, 4) is 0 Å². The Morgan fingerprint density at radius 3 is 2.42 bits per heavy atom. The van der Waals surface area contributed by atoms with Gasteiger partial charge in [-0.3, -0.25) is 14.6 Å². The fourth-order valence-corrected chi connectivity index (χ4v) is 2.89. The van der Waals surface area contributed by atoms with Crippen LogP contribution in [0.2, 0.25) is 0 Å². The maximum atomic E-state index is 12.5. The molecule has 5 nitrogen and oxygen atoms in total. The molecule has 5 heteroatoms. The summed E-state index contributed by atoms with van der Waals surface area (Å²) in [7, 11) is 0. The minimum atomic E-state index is -0.0506. The number of hydrogen-bond donors (Lipinski definition) is 1. The first-order valence-electron chi connectivity index (χ1n) is 8.21. The molecule has 124 valence electrons. The fourth-order valence-electron chi connectivity index (χ4n) is 2.89. The van der Waals surface area contributed by atoms with E-state index in [1.807, 2.05) is 43.3 Å². The Balaban J connectivity index is 1.54. The highest BCUT2D eigenvalue weighted by Gasteiger charge is 2.27. The van der Waals surface area contributed by atoms with Crippen molar-refractivity contribution in [2.75, 3.05) is 18.4 Å². The lowest BCUT2D eigenvalue weighted by Gasteiger charge is -2.31. The maximum Gasteiger partial charge on any atom is 0.255 e. The van der Waals surface area contributed by atoms with Crippen molar-refractivity contribution in [1.82, 2.24) is 9.88 Å². The summed E-state index contributed by atoms with van der Waals surface area (Å²) in [6.07, 6.45) is 2.99. The number of amides is 2. The molecule has 1 aliphatic rings. The molecule has 1 N–H and O–H groups in total. The van der Waals surface area contributed by atoms with Gasteiger partial charge in [0.1, 0.15) is 0 Å². The second kappa shape index (κ2) is 7.25. The van der Waals surface area contributed by atoms with E-state index in [1.165, 1.54) is 0 Å².